The molecule has 6 nitrogen and oxygen atoms in total. The maximum Gasteiger partial charge on any atom is 0.275 e. The van der Waals surface area contributed by atoms with Crippen LogP contribution in [0.5, 0.6) is 0 Å². The minimum absolute atomic E-state index is 0.0503. The number of hydrogen-bond donors (Lipinski definition) is 2. The lowest BCUT2D eigenvalue weighted by molar-refractivity contribution is -0.116. The summed E-state index contributed by atoms with van der Waals surface area (Å²) in [6.07, 6.45) is 1.28. The van der Waals surface area contributed by atoms with E-state index in [4.69, 9.17) is 16.7 Å². The number of carbonyl (C=O) groups excluding carboxylic acids is 2. The molecule has 1 saturated heterocycles. The van der Waals surface area contributed by atoms with Crippen LogP contribution in [-0.4, -0.2) is 55.6 Å². The van der Waals surface area contributed by atoms with E-state index in [2.05, 4.69) is 17.1 Å². The fourth-order valence-corrected chi connectivity index (χ4v) is 4.84. The Morgan fingerprint density at radius 2 is 2.00 bits per heavy atom. The molecule has 1 fully saturated rings. The number of anilines is 2. The third-order valence-corrected chi connectivity index (χ3v) is 6.74. The highest BCUT2D eigenvalue weighted by Crippen LogP contribution is 2.43. The van der Waals surface area contributed by atoms with E-state index in [1.54, 1.807) is 30.3 Å². The van der Waals surface area contributed by atoms with Crippen molar-refractivity contribution in [1.82, 2.24) is 5.32 Å². The molecule has 0 radical (unpaired) electrons. The van der Waals surface area contributed by atoms with E-state index < -0.39 is 29.7 Å². The average molecular weight is 504 g/mol. The van der Waals surface area contributed by atoms with E-state index in [9.17, 15) is 9.59 Å². The number of nitrogens with zero attached hydrogens (tertiary/aromatic N) is 2. The number of nitrogens with one attached hydrogen (secondary N) is 1. The predicted octanol–water partition coefficient (Wildman–Crippen LogP) is 4.36. The zero-order chi connectivity index (χ0) is 25.2. The van der Waals surface area contributed by atoms with Gasteiger partial charge in [-0.3, -0.25) is 9.59 Å². The molecule has 0 bridgehead atoms. The highest BCUT2D eigenvalue weighted by Gasteiger charge is 2.41. The second kappa shape index (κ2) is 10.3. The number of hydrogen-bond acceptors (Lipinski definition) is 4. The first-order chi connectivity index (χ1) is 16.7. The minimum atomic E-state index is -3.35. The number of benzene rings is 2. The molecule has 9 heteroatoms. The summed E-state index contributed by atoms with van der Waals surface area (Å²) >= 11 is 6.52. The molecule has 2 amide bonds. The van der Waals surface area contributed by atoms with Gasteiger partial charge in [0.1, 0.15) is 0 Å². The molecule has 2 N–H and O–H groups in total. The standard InChI is InChI=1S/C26H28ClF2N3O3/c1-17-8-11-31(16-17)18-6-7-20(22(27)14-18)25(35)32-12-9-26(28,29)21(15-24(34)30-10-13-33)19-4-2-3-5-23(19)32/h2-7,14-15,17,33H,8-13,16H2,1H3,(H,30,34)/b21-15-/t17-/m0/s1. The van der Waals surface area contributed by atoms with Gasteiger partial charge in [0, 0.05) is 55.5 Å². The monoisotopic (exact) mass is 503 g/mol. The van der Waals surface area contributed by atoms with Gasteiger partial charge in [-0.25, -0.2) is 8.78 Å². The Labute approximate surface area is 208 Å². The Hall–Kier alpha value is -2.97. The van der Waals surface area contributed by atoms with Gasteiger partial charge < -0.3 is 20.2 Å². The van der Waals surface area contributed by atoms with Gasteiger partial charge in [0.05, 0.1) is 22.9 Å². The molecular weight excluding hydrogens is 476 g/mol. The molecule has 2 heterocycles. The van der Waals surface area contributed by atoms with Gasteiger partial charge in [-0.15, -0.1) is 0 Å². The third kappa shape index (κ3) is 5.33. The number of halogens is 3. The van der Waals surface area contributed by atoms with Crippen LogP contribution in [0.15, 0.2) is 48.5 Å². The molecule has 0 unspecified atom stereocenters. The van der Waals surface area contributed by atoms with Gasteiger partial charge in [0.15, 0.2) is 0 Å². The molecule has 2 aromatic rings. The third-order valence-electron chi connectivity index (χ3n) is 6.43. The van der Waals surface area contributed by atoms with Crippen molar-refractivity contribution in [1.29, 1.82) is 0 Å². The highest BCUT2D eigenvalue weighted by molar-refractivity contribution is 6.35. The van der Waals surface area contributed by atoms with Crippen LogP contribution < -0.4 is 15.1 Å². The van der Waals surface area contributed by atoms with Crippen molar-refractivity contribution in [2.75, 3.05) is 42.6 Å². The van der Waals surface area contributed by atoms with Gasteiger partial charge in [0.25, 0.3) is 11.8 Å². The van der Waals surface area contributed by atoms with E-state index in [0.717, 1.165) is 31.3 Å². The summed E-state index contributed by atoms with van der Waals surface area (Å²) in [5, 5.41) is 11.5. The number of amides is 2. The van der Waals surface area contributed by atoms with Crippen molar-refractivity contribution in [3.8, 4) is 0 Å². The largest absolute Gasteiger partial charge is 0.395 e. The minimum Gasteiger partial charge on any atom is -0.395 e. The summed E-state index contributed by atoms with van der Waals surface area (Å²) in [7, 11) is 0. The fourth-order valence-electron chi connectivity index (χ4n) is 4.59. The summed E-state index contributed by atoms with van der Waals surface area (Å²) in [4.78, 5) is 29.3. The Morgan fingerprint density at radius 3 is 2.69 bits per heavy atom. The van der Waals surface area contributed by atoms with Crippen LogP contribution in [0.2, 0.25) is 5.02 Å². The van der Waals surface area contributed by atoms with Crippen molar-refractivity contribution in [3.05, 3.63) is 64.7 Å². The quantitative estimate of drug-likeness (QED) is 0.595. The molecule has 0 aliphatic carbocycles. The number of aliphatic hydroxyl groups is 1. The zero-order valence-corrected chi connectivity index (χ0v) is 20.2. The molecule has 2 aromatic carbocycles. The molecule has 35 heavy (non-hydrogen) atoms. The van der Waals surface area contributed by atoms with E-state index in [-0.39, 0.29) is 41.5 Å². The number of allylic oxidation sites excluding steroid dienone is 1. The van der Waals surface area contributed by atoms with E-state index >= 15 is 8.78 Å². The molecule has 2 aliphatic rings. The van der Waals surface area contributed by atoms with E-state index in [0.29, 0.717) is 5.92 Å². The number of fused-ring (bicyclic) bond motifs is 1. The first kappa shape index (κ1) is 25.1. The number of aliphatic hydroxyl groups excluding tert-OH is 1. The van der Waals surface area contributed by atoms with Crippen molar-refractivity contribution in [2.24, 2.45) is 5.92 Å². The van der Waals surface area contributed by atoms with Crippen LogP contribution in [0, 0.1) is 5.92 Å². The summed E-state index contributed by atoms with van der Waals surface area (Å²) in [5.41, 5.74) is 1.07. The average Bonchev–Trinajstić information content (AvgIpc) is 3.23. The van der Waals surface area contributed by atoms with Crippen LogP contribution in [0.25, 0.3) is 5.57 Å². The summed E-state index contributed by atoms with van der Waals surface area (Å²) in [5.74, 6) is -3.98. The molecule has 0 spiro atoms. The molecule has 1 atom stereocenters. The Balaban J connectivity index is 1.68. The van der Waals surface area contributed by atoms with Crippen LogP contribution in [0.1, 0.15) is 35.7 Å². The van der Waals surface area contributed by atoms with Gasteiger partial charge in [-0.05, 0) is 36.6 Å². The summed E-state index contributed by atoms with van der Waals surface area (Å²) < 4.78 is 30.4. The molecule has 0 aromatic heterocycles. The second-order valence-corrected chi connectivity index (χ2v) is 9.41. The van der Waals surface area contributed by atoms with Crippen molar-refractivity contribution >= 4 is 40.4 Å². The second-order valence-electron chi connectivity index (χ2n) is 9.01. The van der Waals surface area contributed by atoms with Gasteiger partial charge in [0.2, 0.25) is 5.91 Å². The molecule has 186 valence electrons. The van der Waals surface area contributed by atoms with E-state index in [1.165, 1.54) is 11.0 Å². The number of carbonyl (C=O) groups is 2. The maximum absolute atomic E-state index is 15.2. The smallest absolute Gasteiger partial charge is 0.275 e. The molecule has 0 saturated carbocycles. The topological polar surface area (TPSA) is 72.9 Å². The Morgan fingerprint density at radius 1 is 1.23 bits per heavy atom. The molecule has 4 rings (SSSR count). The summed E-state index contributed by atoms with van der Waals surface area (Å²) in [6.45, 7) is 3.41. The van der Waals surface area contributed by atoms with Crippen LogP contribution in [-0.2, 0) is 4.79 Å². The summed E-state index contributed by atoms with van der Waals surface area (Å²) in [6, 6.07) is 11.5. The lowest BCUT2D eigenvalue weighted by Gasteiger charge is -2.24. The van der Waals surface area contributed by atoms with Crippen LogP contribution in [0.4, 0.5) is 20.2 Å². The van der Waals surface area contributed by atoms with E-state index in [1.807, 2.05) is 6.07 Å². The van der Waals surface area contributed by atoms with Gasteiger partial charge in [-0.2, -0.15) is 0 Å². The SMILES string of the molecule is C[C@H]1CCN(c2ccc(C(=O)N3CCC(F)(F)/C(=C\C(=O)NCCO)c4ccccc43)c(Cl)c2)C1. The Bertz CT molecular complexity index is 1150. The maximum atomic E-state index is 15.2. The zero-order valence-electron chi connectivity index (χ0n) is 19.4. The predicted molar refractivity (Wildman–Crippen MR) is 133 cm³/mol. The first-order valence-corrected chi connectivity index (χ1v) is 12.0. The highest BCUT2D eigenvalue weighted by atomic mass is 35.5. The number of rotatable bonds is 5. The molecular formula is C26H28ClF2N3O3. The van der Waals surface area contributed by atoms with Gasteiger partial charge >= 0.3 is 0 Å². The fraction of sp³-hybridized carbons (Fsp3) is 0.385. The first-order valence-electron chi connectivity index (χ1n) is 11.7. The molecule has 2 aliphatic heterocycles. The lowest BCUT2D eigenvalue weighted by Crippen LogP contribution is -2.33. The number of alkyl halides is 2. The van der Waals surface area contributed by atoms with Crippen molar-refractivity contribution < 1.29 is 23.5 Å². The lowest BCUT2D eigenvalue weighted by atomic mass is 9.97. The van der Waals surface area contributed by atoms with Crippen LogP contribution >= 0.6 is 11.6 Å². The Kier molecular flexibility index (Phi) is 7.42. The van der Waals surface area contributed by atoms with Crippen molar-refractivity contribution in [3.63, 3.8) is 0 Å². The van der Waals surface area contributed by atoms with Crippen molar-refractivity contribution in [2.45, 2.75) is 25.7 Å². The normalized spacial score (nSPS) is 20.5. The van der Waals surface area contributed by atoms with Gasteiger partial charge in [-0.1, -0.05) is 36.7 Å². The number of para-hydroxylation sites is 1. The van der Waals surface area contributed by atoms with Crippen LogP contribution in [0.3, 0.4) is 0 Å².